The van der Waals surface area contributed by atoms with Gasteiger partial charge in [0.1, 0.15) is 4.75 Å². The molecule has 3 rings (SSSR count). The van der Waals surface area contributed by atoms with E-state index in [-0.39, 0.29) is 27.2 Å². The lowest BCUT2D eigenvalue weighted by Crippen LogP contribution is -2.40. The lowest BCUT2D eigenvalue weighted by molar-refractivity contribution is 0.510. The van der Waals surface area contributed by atoms with E-state index in [1.54, 1.807) is 4.57 Å². The number of nitrogens with zero attached hydrogens (tertiary/aromatic N) is 2. The molecule has 1 heterocycles. The maximum atomic E-state index is 13.1. The summed E-state index contributed by atoms with van der Waals surface area (Å²) in [5, 5.41) is 0.782. The molecule has 0 bridgehead atoms. The predicted octanol–water partition coefficient (Wildman–Crippen LogP) is 3.98. The summed E-state index contributed by atoms with van der Waals surface area (Å²) >= 11 is 5.17. The zero-order chi connectivity index (χ0) is 19.4. The van der Waals surface area contributed by atoms with Crippen molar-refractivity contribution in [3.8, 4) is 0 Å². The van der Waals surface area contributed by atoms with Crippen LogP contribution in [0.15, 0.2) is 16.9 Å². The standard InChI is InChI=1S/C19H26ClN3O2S/c1-11-9-13(12(2)22-26(25)18(3,4)5)15-14(10-11)16(24)23(17(20)21-15)19(6)7-8-19/h9-10,12,22H,7-8H2,1-6H3/t12-,26-/m1/s1. The third-order valence-electron chi connectivity index (χ3n) is 4.93. The SMILES string of the molecule is Cc1cc([C@@H](C)N[S@+]([O-])C(C)(C)C)c2nc(Cl)n(C3(C)CC3)c(=O)c2c1. The Hall–Kier alpha value is -1.08. The van der Waals surface area contributed by atoms with Gasteiger partial charge in [-0.2, -0.15) is 0 Å². The van der Waals surface area contributed by atoms with Crippen LogP contribution in [-0.2, 0) is 16.9 Å². The minimum absolute atomic E-state index is 0.103. The molecule has 1 aliphatic carbocycles. The van der Waals surface area contributed by atoms with Crippen molar-refractivity contribution in [1.29, 1.82) is 0 Å². The van der Waals surface area contributed by atoms with Crippen molar-refractivity contribution in [1.82, 2.24) is 14.3 Å². The molecule has 1 fully saturated rings. The van der Waals surface area contributed by atoms with E-state index < -0.39 is 11.4 Å². The van der Waals surface area contributed by atoms with Crippen molar-refractivity contribution in [2.45, 2.75) is 70.7 Å². The molecule has 1 saturated carbocycles. The zero-order valence-electron chi connectivity index (χ0n) is 16.1. The summed E-state index contributed by atoms with van der Waals surface area (Å²) in [5.74, 6) is 0. The minimum atomic E-state index is -1.23. The van der Waals surface area contributed by atoms with E-state index in [2.05, 4.69) is 9.71 Å². The Balaban J connectivity index is 2.14. The molecular weight excluding hydrogens is 370 g/mol. The second-order valence-electron chi connectivity index (χ2n) is 8.49. The maximum absolute atomic E-state index is 13.1. The van der Waals surface area contributed by atoms with Gasteiger partial charge >= 0.3 is 0 Å². The summed E-state index contributed by atoms with van der Waals surface area (Å²) in [5.41, 5.74) is 2.06. The first-order chi connectivity index (χ1) is 11.9. The van der Waals surface area contributed by atoms with Gasteiger partial charge in [0.2, 0.25) is 5.28 Å². The fraction of sp³-hybridized carbons (Fsp3) is 0.579. The Morgan fingerprint density at radius 1 is 1.38 bits per heavy atom. The van der Waals surface area contributed by atoms with Gasteiger partial charge in [0, 0.05) is 22.5 Å². The van der Waals surface area contributed by atoms with Crippen LogP contribution in [0, 0.1) is 6.92 Å². The van der Waals surface area contributed by atoms with Crippen molar-refractivity contribution in [2.24, 2.45) is 0 Å². The molecule has 0 spiro atoms. The highest BCUT2D eigenvalue weighted by atomic mass is 35.5. The van der Waals surface area contributed by atoms with Gasteiger partial charge in [0.25, 0.3) is 5.56 Å². The third-order valence-corrected chi connectivity index (χ3v) is 6.86. The van der Waals surface area contributed by atoms with Crippen LogP contribution in [0.5, 0.6) is 0 Å². The number of fused-ring (bicyclic) bond motifs is 1. The largest absolute Gasteiger partial charge is 0.598 e. The van der Waals surface area contributed by atoms with Crippen LogP contribution in [0.4, 0.5) is 0 Å². The van der Waals surface area contributed by atoms with Crippen molar-refractivity contribution < 1.29 is 4.55 Å². The monoisotopic (exact) mass is 395 g/mol. The summed E-state index contributed by atoms with van der Waals surface area (Å²) in [6.07, 6.45) is 1.86. The second kappa shape index (κ2) is 6.51. The number of aryl methyl sites for hydroxylation is 1. The molecule has 1 aliphatic rings. The van der Waals surface area contributed by atoms with E-state index in [0.29, 0.717) is 10.9 Å². The molecule has 2 aromatic rings. The number of nitrogens with one attached hydrogen (secondary N) is 1. The Labute approximate surface area is 162 Å². The summed E-state index contributed by atoms with van der Waals surface area (Å²) in [6.45, 7) is 11.7. The van der Waals surface area contributed by atoms with Gasteiger partial charge in [-0.1, -0.05) is 6.07 Å². The van der Waals surface area contributed by atoms with Crippen LogP contribution in [-0.4, -0.2) is 18.9 Å². The predicted molar refractivity (Wildman–Crippen MR) is 108 cm³/mol. The molecule has 142 valence electrons. The quantitative estimate of drug-likeness (QED) is 0.627. The molecule has 1 aromatic heterocycles. The minimum Gasteiger partial charge on any atom is -0.598 e. The molecule has 1 aromatic carbocycles. The lowest BCUT2D eigenvalue weighted by atomic mass is 10.0. The van der Waals surface area contributed by atoms with Gasteiger partial charge in [0.05, 0.1) is 16.9 Å². The highest BCUT2D eigenvalue weighted by molar-refractivity contribution is 7.90. The molecule has 0 saturated heterocycles. The fourth-order valence-electron chi connectivity index (χ4n) is 3.04. The van der Waals surface area contributed by atoms with E-state index in [9.17, 15) is 9.35 Å². The van der Waals surface area contributed by atoms with Crippen LogP contribution >= 0.6 is 11.6 Å². The first-order valence-corrected chi connectivity index (χ1v) is 10.4. The van der Waals surface area contributed by atoms with Gasteiger partial charge in [-0.05, 0) is 77.6 Å². The van der Waals surface area contributed by atoms with Crippen LogP contribution < -0.4 is 10.3 Å². The van der Waals surface area contributed by atoms with Gasteiger partial charge < -0.3 is 4.55 Å². The Kier molecular flexibility index (Phi) is 4.93. The summed E-state index contributed by atoms with van der Waals surface area (Å²) in [6, 6.07) is 3.61. The van der Waals surface area contributed by atoms with Gasteiger partial charge in [-0.15, -0.1) is 4.72 Å². The van der Waals surface area contributed by atoms with Gasteiger partial charge in [-0.25, -0.2) is 4.98 Å². The third kappa shape index (κ3) is 3.52. The van der Waals surface area contributed by atoms with Crippen molar-refractivity contribution in [3.05, 3.63) is 38.9 Å². The average molecular weight is 396 g/mol. The highest BCUT2D eigenvalue weighted by Gasteiger charge is 2.42. The summed E-state index contributed by atoms with van der Waals surface area (Å²) < 4.78 is 16.9. The molecule has 5 nitrogen and oxygen atoms in total. The zero-order valence-corrected chi connectivity index (χ0v) is 17.7. The van der Waals surface area contributed by atoms with Crippen LogP contribution in [0.3, 0.4) is 0 Å². The van der Waals surface area contributed by atoms with Crippen molar-refractivity contribution >= 4 is 33.9 Å². The maximum Gasteiger partial charge on any atom is 0.262 e. The van der Waals surface area contributed by atoms with E-state index in [1.807, 2.05) is 53.7 Å². The molecule has 0 aliphatic heterocycles. The number of benzene rings is 1. The molecule has 2 atom stereocenters. The average Bonchev–Trinajstić information content (AvgIpc) is 3.24. The topological polar surface area (TPSA) is 70.0 Å². The fourth-order valence-corrected chi connectivity index (χ4v) is 4.21. The number of hydrogen-bond donors (Lipinski definition) is 1. The number of halogens is 1. The normalized spacial score (nSPS) is 18.8. The molecule has 0 amide bonds. The van der Waals surface area contributed by atoms with E-state index >= 15 is 0 Å². The molecule has 1 N–H and O–H groups in total. The first-order valence-electron chi connectivity index (χ1n) is 8.85. The number of aromatic nitrogens is 2. The van der Waals surface area contributed by atoms with Crippen LogP contribution in [0.25, 0.3) is 10.9 Å². The van der Waals surface area contributed by atoms with Crippen molar-refractivity contribution in [2.75, 3.05) is 0 Å². The number of hydrogen-bond acceptors (Lipinski definition) is 4. The van der Waals surface area contributed by atoms with E-state index in [0.717, 1.165) is 24.0 Å². The highest BCUT2D eigenvalue weighted by Crippen LogP contribution is 2.43. The van der Waals surface area contributed by atoms with E-state index in [1.165, 1.54) is 0 Å². The van der Waals surface area contributed by atoms with Gasteiger partial charge in [0.15, 0.2) is 0 Å². The summed E-state index contributed by atoms with van der Waals surface area (Å²) in [4.78, 5) is 17.7. The Morgan fingerprint density at radius 2 is 2.00 bits per heavy atom. The first kappa shape index (κ1) is 19.7. The molecule has 7 heteroatoms. The van der Waals surface area contributed by atoms with E-state index in [4.69, 9.17) is 11.6 Å². The van der Waals surface area contributed by atoms with Crippen LogP contribution in [0.2, 0.25) is 5.28 Å². The Bertz CT molecular complexity index is 916. The molecule has 0 radical (unpaired) electrons. The molecule has 26 heavy (non-hydrogen) atoms. The van der Waals surface area contributed by atoms with Crippen LogP contribution in [0.1, 0.15) is 64.6 Å². The Morgan fingerprint density at radius 3 is 2.54 bits per heavy atom. The number of rotatable bonds is 4. The summed E-state index contributed by atoms with van der Waals surface area (Å²) in [7, 11) is 0. The van der Waals surface area contributed by atoms with Crippen molar-refractivity contribution in [3.63, 3.8) is 0 Å². The lowest BCUT2D eigenvalue weighted by Gasteiger charge is -2.27. The molecule has 0 unspecified atom stereocenters. The smallest absolute Gasteiger partial charge is 0.262 e. The second-order valence-corrected chi connectivity index (χ2v) is 10.8. The molecular formula is C19H26ClN3O2S. The van der Waals surface area contributed by atoms with Gasteiger partial charge in [-0.3, -0.25) is 9.36 Å².